The lowest BCUT2D eigenvalue weighted by Gasteiger charge is -2.31. The number of morpholine rings is 1. The molecule has 35 heavy (non-hydrogen) atoms. The van der Waals surface area contributed by atoms with Gasteiger partial charge in [-0.15, -0.1) is 0 Å². The summed E-state index contributed by atoms with van der Waals surface area (Å²) in [6.07, 6.45) is -4.92. The van der Waals surface area contributed by atoms with Gasteiger partial charge in [-0.3, -0.25) is 9.59 Å². The van der Waals surface area contributed by atoms with Gasteiger partial charge >= 0.3 is 12.1 Å². The highest BCUT2D eigenvalue weighted by Gasteiger charge is 2.32. The molecule has 1 saturated heterocycles. The Hall–Kier alpha value is -4.11. The molecule has 0 aliphatic carbocycles. The normalized spacial score (nSPS) is 13.5. The Morgan fingerprint density at radius 3 is 2.34 bits per heavy atom. The van der Waals surface area contributed by atoms with E-state index in [2.05, 4.69) is 10.6 Å². The van der Waals surface area contributed by atoms with E-state index in [0.29, 0.717) is 37.7 Å². The number of carbonyl (C=O) groups excluding carboxylic acids is 3. The van der Waals surface area contributed by atoms with Crippen LogP contribution in [0.1, 0.15) is 22.3 Å². The van der Waals surface area contributed by atoms with E-state index in [9.17, 15) is 27.6 Å². The van der Waals surface area contributed by atoms with Gasteiger partial charge in [0.25, 0.3) is 5.91 Å². The van der Waals surface area contributed by atoms with E-state index in [4.69, 9.17) is 14.7 Å². The maximum Gasteiger partial charge on any atom is 0.416 e. The van der Waals surface area contributed by atoms with Crippen LogP contribution in [-0.4, -0.2) is 50.7 Å². The van der Waals surface area contributed by atoms with Crippen LogP contribution in [0.4, 0.5) is 30.2 Å². The maximum absolute atomic E-state index is 13.2. The Morgan fingerprint density at radius 1 is 1.03 bits per heavy atom. The average Bonchev–Trinajstić information content (AvgIpc) is 2.83. The number of hydrogen-bond acceptors (Lipinski definition) is 7. The van der Waals surface area contributed by atoms with Crippen molar-refractivity contribution in [3.05, 3.63) is 53.6 Å². The fraction of sp³-hybridized carbons (Fsp3) is 0.304. The quantitative estimate of drug-likeness (QED) is 0.572. The standard InChI is InChI=1S/C23H21F3N4O5/c24-23(25,26)16-3-6-19(30-9-11-34-12-10-30)18(13-16)29-21(32)14-35-22(33)15-1-4-17(5-2-15)28-20(31)7-8-27/h1-6,13H,7,9-12,14H2,(H,28,31)(H,29,32). The molecular formula is C23H21F3N4O5. The second kappa shape index (κ2) is 11.3. The highest BCUT2D eigenvalue weighted by molar-refractivity contribution is 5.98. The van der Waals surface area contributed by atoms with E-state index < -0.39 is 36.1 Å². The summed E-state index contributed by atoms with van der Waals surface area (Å²) in [4.78, 5) is 37.8. The van der Waals surface area contributed by atoms with Crippen molar-refractivity contribution in [2.75, 3.05) is 48.4 Å². The number of ether oxygens (including phenoxy) is 2. The number of amides is 2. The number of esters is 1. The summed E-state index contributed by atoms with van der Waals surface area (Å²) in [5.74, 6) is -2.16. The molecule has 9 nitrogen and oxygen atoms in total. The van der Waals surface area contributed by atoms with Crippen molar-refractivity contribution in [3.8, 4) is 6.07 Å². The predicted octanol–water partition coefficient (Wildman–Crippen LogP) is 3.19. The Bertz CT molecular complexity index is 1120. The number of alkyl halides is 3. The van der Waals surface area contributed by atoms with Crippen molar-refractivity contribution in [3.63, 3.8) is 0 Å². The van der Waals surface area contributed by atoms with Gasteiger partial charge in [-0.25, -0.2) is 4.79 Å². The molecule has 3 rings (SSSR count). The van der Waals surface area contributed by atoms with E-state index in [1.165, 1.54) is 30.3 Å². The number of nitrogens with one attached hydrogen (secondary N) is 2. The Morgan fingerprint density at radius 2 is 1.71 bits per heavy atom. The number of anilines is 3. The minimum atomic E-state index is -4.60. The number of carbonyl (C=O) groups is 3. The molecule has 0 spiro atoms. The zero-order valence-electron chi connectivity index (χ0n) is 18.4. The molecule has 12 heteroatoms. The van der Waals surface area contributed by atoms with E-state index in [0.717, 1.165) is 12.1 Å². The van der Waals surface area contributed by atoms with Crippen LogP contribution in [0.2, 0.25) is 0 Å². The molecule has 0 radical (unpaired) electrons. The average molecular weight is 490 g/mol. The van der Waals surface area contributed by atoms with Crippen molar-refractivity contribution in [1.29, 1.82) is 5.26 Å². The topological polar surface area (TPSA) is 121 Å². The molecule has 2 aromatic rings. The van der Waals surface area contributed by atoms with Crippen molar-refractivity contribution in [2.45, 2.75) is 12.6 Å². The molecule has 1 aliphatic rings. The lowest BCUT2D eigenvalue weighted by molar-refractivity contribution is -0.137. The fourth-order valence-electron chi connectivity index (χ4n) is 3.26. The van der Waals surface area contributed by atoms with Gasteiger partial charge in [0.2, 0.25) is 5.91 Å². The number of rotatable bonds is 7. The summed E-state index contributed by atoms with van der Waals surface area (Å²) in [6, 6.07) is 10.3. The number of halogens is 3. The van der Waals surface area contributed by atoms with Crippen molar-refractivity contribution in [2.24, 2.45) is 0 Å². The van der Waals surface area contributed by atoms with Crippen molar-refractivity contribution in [1.82, 2.24) is 0 Å². The Labute approximate surface area is 198 Å². The smallest absolute Gasteiger partial charge is 0.416 e. The first-order chi connectivity index (χ1) is 16.7. The molecule has 0 aromatic heterocycles. The zero-order valence-corrected chi connectivity index (χ0v) is 18.4. The number of hydrogen-bond donors (Lipinski definition) is 2. The van der Waals surface area contributed by atoms with Crippen LogP contribution in [0.25, 0.3) is 0 Å². The summed E-state index contributed by atoms with van der Waals surface area (Å²) in [5, 5.41) is 13.4. The van der Waals surface area contributed by atoms with Crippen molar-refractivity contribution < 1.29 is 37.0 Å². The van der Waals surface area contributed by atoms with Gasteiger partial charge in [0.15, 0.2) is 6.61 Å². The van der Waals surface area contributed by atoms with Gasteiger partial charge < -0.3 is 25.0 Å². The summed E-state index contributed by atoms with van der Waals surface area (Å²) in [7, 11) is 0. The van der Waals surface area contributed by atoms with Crippen LogP contribution in [0, 0.1) is 11.3 Å². The molecule has 0 saturated carbocycles. The van der Waals surface area contributed by atoms with Crippen LogP contribution in [-0.2, 0) is 25.2 Å². The molecular weight excluding hydrogens is 469 g/mol. The number of nitrogens with zero attached hydrogens (tertiary/aromatic N) is 2. The van der Waals surface area contributed by atoms with Crippen LogP contribution >= 0.6 is 0 Å². The van der Waals surface area contributed by atoms with Gasteiger partial charge in [-0.1, -0.05) is 0 Å². The number of nitriles is 1. The van der Waals surface area contributed by atoms with Gasteiger partial charge in [0.1, 0.15) is 6.42 Å². The second-order valence-electron chi connectivity index (χ2n) is 7.41. The molecule has 2 amide bonds. The predicted molar refractivity (Wildman–Crippen MR) is 119 cm³/mol. The van der Waals surface area contributed by atoms with E-state index in [1.807, 2.05) is 0 Å². The lowest BCUT2D eigenvalue weighted by Crippen LogP contribution is -2.37. The molecule has 1 fully saturated rings. The van der Waals surface area contributed by atoms with E-state index in [1.54, 1.807) is 11.0 Å². The SMILES string of the molecule is N#CCC(=O)Nc1ccc(C(=O)OCC(=O)Nc2cc(C(F)(F)F)ccc2N2CCOCC2)cc1. The minimum absolute atomic E-state index is 0.0553. The monoisotopic (exact) mass is 490 g/mol. The third-order valence-electron chi connectivity index (χ3n) is 4.93. The highest BCUT2D eigenvalue weighted by atomic mass is 19.4. The molecule has 1 heterocycles. The van der Waals surface area contributed by atoms with Crippen LogP contribution < -0.4 is 15.5 Å². The van der Waals surface area contributed by atoms with Crippen LogP contribution in [0.5, 0.6) is 0 Å². The first-order valence-corrected chi connectivity index (χ1v) is 10.4. The van der Waals surface area contributed by atoms with Crippen LogP contribution in [0.15, 0.2) is 42.5 Å². The molecule has 1 aliphatic heterocycles. The largest absolute Gasteiger partial charge is 0.452 e. The number of benzene rings is 2. The minimum Gasteiger partial charge on any atom is -0.452 e. The first-order valence-electron chi connectivity index (χ1n) is 10.4. The second-order valence-corrected chi connectivity index (χ2v) is 7.41. The maximum atomic E-state index is 13.2. The Balaban J connectivity index is 1.64. The third-order valence-corrected chi connectivity index (χ3v) is 4.93. The fourth-order valence-corrected chi connectivity index (χ4v) is 3.26. The van der Waals surface area contributed by atoms with Crippen molar-refractivity contribution >= 4 is 34.8 Å². The molecule has 184 valence electrons. The first kappa shape index (κ1) is 25.5. The van der Waals surface area contributed by atoms with Gasteiger partial charge in [0.05, 0.1) is 41.8 Å². The summed E-state index contributed by atoms with van der Waals surface area (Å²) >= 11 is 0. The Kier molecular flexibility index (Phi) is 8.27. The zero-order chi connectivity index (χ0) is 25.4. The van der Waals surface area contributed by atoms with E-state index >= 15 is 0 Å². The summed E-state index contributed by atoms with van der Waals surface area (Å²) < 4.78 is 49.8. The lowest BCUT2D eigenvalue weighted by atomic mass is 10.1. The molecule has 0 atom stereocenters. The molecule has 0 bridgehead atoms. The summed E-state index contributed by atoms with van der Waals surface area (Å²) in [5.41, 5.74) is -0.136. The van der Waals surface area contributed by atoms with E-state index in [-0.39, 0.29) is 17.7 Å². The highest BCUT2D eigenvalue weighted by Crippen LogP contribution is 2.35. The molecule has 2 N–H and O–H groups in total. The van der Waals surface area contributed by atoms with Crippen LogP contribution in [0.3, 0.4) is 0 Å². The molecule has 0 unspecified atom stereocenters. The van der Waals surface area contributed by atoms with Gasteiger partial charge in [-0.2, -0.15) is 18.4 Å². The van der Waals surface area contributed by atoms with Gasteiger partial charge in [-0.05, 0) is 42.5 Å². The third kappa shape index (κ3) is 7.18. The van der Waals surface area contributed by atoms with Gasteiger partial charge in [0, 0.05) is 18.8 Å². The molecule has 2 aromatic carbocycles. The summed E-state index contributed by atoms with van der Waals surface area (Å²) in [6.45, 7) is 0.949.